The van der Waals surface area contributed by atoms with Crippen LogP contribution in [0.1, 0.15) is 0 Å². The molecular formula is H4O5Se. The SMILES string of the molecule is O.O=[Se](=O)(O)O. The van der Waals surface area contributed by atoms with Crippen LogP contribution in [0, 0.1) is 0 Å². The summed E-state index contributed by atoms with van der Waals surface area (Å²) in [5.74, 6) is 0. The Morgan fingerprint density at radius 2 is 1.17 bits per heavy atom. The third-order valence-electron chi connectivity index (χ3n) is 0. The van der Waals surface area contributed by atoms with Gasteiger partial charge in [0.25, 0.3) is 0 Å². The van der Waals surface area contributed by atoms with Crippen LogP contribution in [-0.2, 0) is 7.67 Å². The summed E-state index contributed by atoms with van der Waals surface area (Å²) in [7, 11) is 0. The Morgan fingerprint density at radius 3 is 1.17 bits per heavy atom. The molecule has 0 saturated carbocycles. The van der Waals surface area contributed by atoms with E-state index < -0.39 is 13.4 Å². The molecule has 0 bridgehead atoms. The first-order valence-corrected chi connectivity index (χ1v) is 3.63. The Morgan fingerprint density at radius 1 is 1.17 bits per heavy atom. The molecule has 0 rings (SSSR count). The molecule has 0 aliphatic carbocycles. The van der Waals surface area contributed by atoms with E-state index in [9.17, 15) is 0 Å². The molecule has 40 valence electrons. The molecule has 0 amide bonds. The minimum atomic E-state index is -5.25. The molecule has 0 atom stereocenters. The maximum atomic E-state index is 8.82. The first-order valence-electron chi connectivity index (χ1n) is 0.698. The minimum absolute atomic E-state index is 0. The van der Waals surface area contributed by atoms with Crippen LogP contribution in [0.2, 0.25) is 0 Å². The van der Waals surface area contributed by atoms with Crippen LogP contribution in [-0.4, -0.2) is 27.2 Å². The van der Waals surface area contributed by atoms with E-state index in [0.29, 0.717) is 0 Å². The number of rotatable bonds is 0. The van der Waals surface area contributed by atoms with Gasteiger partial charge in [0.2, 0.25) is 0 Å². The summed E-state index contributed by atoms with van der Waals surface area (Å²) in [4.78, 5) is 0. The summed E-state index contributed by atoms with van der Waals surface area (Å²) in [5.41, 5.74) is 0. The Labute approximate surface area is 35.8 Å². The molecule has 4 N–H and O–H groups in total. The molecule has 0 heterocycles. The summed E-state index contributed by atoms with van der Waals surface area (Å²) >= 11 is -5.25. The van der Waals surface area contributed by atoms with Crippen molar-refractivity contribution in [3.8, 4) is 0 Å². The van der Waals surface area contributed by atoms with Gasteiger partial charge in [-0.1, -0.05) is 0 Å². The van der Waals surface area contributed by atoms with Gasteiger partial charge in [-0.2, -0.15) is 0 Å². The van der Waals surface area contributed by atoms with Gasteiger partial charge in [-0.3, -0.25) is 0 Å². The fourth-order valence-corrected chi connectivity index (χ4v) is 0. The van der Waals surface area contributed by atoms with Crippen molar-refractivity contribution in [3.63, 3.8) is 0 Å². The predicted molar refractivity (Wildman–Crippen MR) is 15.2 cm³/mol. The summed E-state index contributed by atoms with van der Waals surface area (Å²) in [5, 5.41) is 0. The summed E-state index contributed by atoms with van der Waals surface area (Å²) in [6, 6.07) is 0. The van der Waals surface area contributed by atoms with Crippen LogP contribution in [0.3, 0.4) is 0 Å². The number of hydrogen-bond acceptors (Lipinski definition) is 2. The van der Waals surface area contributed by atoms with Gasteiger partial charge in [-0.25, -0.2) is 0 Å². The Hall–Kier alpha value is -0.000519. The molecule has 0 unspecified atom stereocenters. The van der Waals surface area contributed by atoms with Crippen LogP contribution < -0.4 is 0 Å². The van der Waals surface area contributed by atoms with Crippen molar-refractivity contribution in [1.82, 2.24) is 0 Å². The topological polar surface area (TPSA) is 106 Å². The Kier molecular flexibility index (Phi) is 3.47. The van der Waals surface area contributed by atoms with E-state index in [1.165, 1.54) is 0 Å². The zero-order chi connectivity index (χ0) is 4.50. The van der Waals surface area contributed by atoms with Gasteiger partial charge in [0.05, 0.1) is 0 Å². The van der Waals surface area contributed by atoms with Gasteiger partial charge >= 0.3 is 29.4 Å². The van der Waals surface area contributed by atoms with Crippen molar-refractivity contribution in [1.29, 1.82) is 0 Å². The molecule has 6 heavy (non-hydrogen) atoms. The third kappa shape index (κ3) is 133000000. The second kappa shape index (κ2) is 2.22. The first kappa shape index (κ1) is 9.37. The van der Waals surface area contributed by atoms with Crippen molar-refractivity contribution < 1.29 is 21.5 Å². The van der Waals surface area contributed by atoms with Crippen molar-refractivity contribution in [2.24, 2.45) is 0 Å². The van der Waals surface area contributed by atoms with Crippen LogP contribution in [0.25, 0.3) is 0 Å². The fourth-order valence-electron chi connectivity index (χ4n) is 0. The molecule has 5 nitrogen and oxygen atoms in total. The molecule has 0 aliphatic heterocycles. The van der Waals surface area contributed by atoms with Crippen molar-refractivity contribution >= 4 is 13.4 Å². The van der Waals surface area contributed by atoms with Crippen molar-refractivity contribution in [2.45, 2.75) is 0 Å². The van der Waals surface area contributed by atoms with E-state index >= 15 is 0 Å². The van der Waals surface area contributed by atoms with E-state index in [2.05, 4.69) is 0 Å². The van der Waals surface area contributed by atoms with Gasteiger partial charge in [0.15, 0.2) is 0 Å². The Bertz CT molecular complexity index is 87.1. The van der Waals surface area contributed by atoms with Gasteiger partial charge < -0.3 is 5.48 Å². The van der Waals surface area contributed by atoms with Gasteiger partial charge in [0.1, 0.15) is 0 Å². The van der Waals surface area contributed by atoms with Crippen molar-refractivity contribution in [3.05, 3.63) is 0 Å². The standard InChI is InChI=1S/H2O4Se.H2O/c1-5(2,3)4;/h(H2,1,2,3,4);1H2. The normalized spacial score (nSPS) is 9.67. The van der Waals surface area contributed by atoms with Crippen LogP contribution >= 0.6 is 0 Å². The monoisotopic (exact) mass is 164 g/mol. The predicted octanol–water partition coefficient (Wildman–Crippen LogP) is -2.56. The van der Waals surface area contributed by atoms with Crippen LogP contribution in [0.5, 0.6) is 0 Å². The third-order valence-corrected chi connectivity index (χ3v) is 0. The van der Waals surface area contributed by atoms with E-state index in [1.54, 1.807) is 0 Å². The molecule has 0 fully saturated rings. The molecule has 0 spiro atoms. The fraction of sp³-hybridized carbons (Fsp3) is 0. The average Bonchev–Trinajstić information content (AvgIpc) is 0.722. The van der Waals surface area contributed by atoms with E-state index in [1.807, 2.05) is 0 Å². The second-order valence-corrected chi connectivity index (χ2v) is 2.33. The van der Waals surface area contributed by atoms with Gasteiger partial charge in [-0.05, 0) is 0 Å². The number of hydrogen-bond donors (Lipinski definition) is 2. The summed E-state index contributed by atoms with van der Waals surface area (Å²) in [6.07, 6.45) is 0. The summed E-state index contributed by atoms with van der Waals surface area (Å²) < 4.78 is 31.9. The molecular weight excluding hydrogens is 159 g/mol. The second-order valence-electron chi connectivity index (χ2n) is 0.448. The molecule has 0 aliphatic rings. The molecule has 0 aromatic heterocycles. The van der Waals surface area contributed by atoms with Gasteiger partial charge in [-0.15, -0.1) is 0 Å². The summed E-state index contributed by atoms with van der Waals surface area (Å²) in [6.45, 7) is 0. The molecule has 0 aromatic rings. The van der Waals surface area contributed by atoms with E-state index in [4.69, 9.17) is 16.0 Å². The van der Waals surface area contributed by atoms with Crippen molar-refractivity contribution in [2.75, 3.05) is 0 Å². The zero-order valence-corrected chi connectivity index (χ0v) is 4.33. The maximum absolute atomic E-state index is 8.82. The zero-order valence-electron chi connectivity index (χ0n) is 2.62. The Balaban J connectivity index is 0. The molecule has 6 heteroatoms. The molecule has 0 radical (unpaired) electrons. The van der Waals surface area contributed by atoms with Crippen LogP contribution in [0.15, 0.2) is 0 Å². The molecule has 0 saturated heterocycles. The average molecular weight is 163 g/mol. The first-order chi connectivity index (χ1) is 2.00. The van der Waals surface area contributed by atoms with Gasteiger partial charge in [0, 0.05) is 0 Å². The van der Waals surface area contributed by atoms with E-state index in [0.717, 1.165) is 0 Å². The van der Waals surface area contributed by atoms with E-state index in [-0.39, 0.29) is 5.48 Å². The quantitative estimate of drug-likeness (QED) is 0.383. The molecule has 0 aromatic carbocycles. The van der Waals surface area contributed by atoms with Crippen LogP contribution in [0.4, 0.5) is 0 Å².